The van der Waals surface area contributed by atoms with Crippen molar-refractivity contribution in [3.05, 3.63) is 18.5 Å². The molecular weight excluding hydrogens is 146 g/mol. The maximum atomic E-state index is 3.95. The largest absolute Gasteiger partial charge is 0.254 e. The molecule has 4 heteroatoms. The number of rotatable bonds is 3. The fourth-order valence-corrected chi connectivity index (χ4v) is 1.17. The molecule has 1 heterocycles. The molecule has 10 heavy (non-hydrogen) atoms. The molecule has 0 aliphatic rings. The Morgan fingerprint density at radius 2 is 2.70 bits per heavy atom. The van der Waals surface area contributed by atoms with Gasteiger partial charge in [-0.2, -0.15) is 5.10 Å². The molecule has 0 spiro atoms. The van der Waals surface area contributed by atoms with Gasteiger partial charge in [-0.05, 0) is 6.92 Å². The Kier molecular flexibility index (Phi) is 3.02. The summed E-state index contributed by atoms with van der Waals surface area (Å²) in [6.07, 6.45) is 5.61. The minimum Gasteiger partial charge on any atom is -0.254 e. The van der Waals surface area contributed by atoms with Crippen LogP contribution in [0.5, 0.6) is 0 Å². The summed E-state index contributed by atoms with van der Waals surface area (Å²) < 4.78 is 0. The second kappa shape index (κ2) is 4.11. The maximum absolute atomic E-state index is 3.95. The number of thioether (sulfide) groups is 1. The molecule has 0 aromatic carbocycles. The summed E-state index contributed by atoms with van der Waals surface area (Å²) in [5.74, 6) is 0.950. The highest BCUT2D eigenvalue weighted by molar-refractivity contribution is 7.99. The van der Waals surface area contributed by atoms with Crippen LogP contribution in [0.3, 0.4) is 0 Å². The predicted molar refractivity (Wildman–Crippen MR) is 41.9 cm³/mol. The zero-order valence-electron chi connectivity index (χ0n) is 5.74. The van der Waals surface area contributed by atoms with Gasteiger partial charge in [-0.1, -0.05) is 23.9 Å². The Labute approximate surface area is 63.9 Å². The smallest absolute Gasteiger partial charge is 0.183 e. The summed E-state index contributed by atoms with van der Waals surface area (Å²) in [6.45, 7) is 2.00. The molecule has 1 N–H and O–H groups in total. The molecule has 0 atom stereocenters. The number of allylic oxidation sites excluding steroid dienone is 1. The van der Waals surface area contributed by atoms with Crippen molar-refractivity contribution in [1.29, 1.82) is 0 Å². The van der Waals surface area contributed by atoms with E-state index in [0.717, 1.165) is 10.9 Å². The summed E-state index contributed by atoms with van der Waals surface area (Å²) in [6, 6.07) is 0. The second-order valence-electron chi connectivity index (χ2n) is 1.67. The summed E-state index contributed by atoms with van der Waals surface area (Å²) in [4.78, 5) is 3.95. The lowest BCUT2D eigenvalue weighted by Crippen LogP contribution is -1.75. The van der Waals surface area contributed by atoms with Gasteiger partial charge in [0, 0.05) is 5.75 Å². The van der Waals surface area contributed by atoms with E-state index in [0.29, 0.717) is 0 Å². The molecule has 0 bridgehead atoms. The highest BCUT2D eigenvalue weighted by atomic mass is 32.2. The van der Waals surface area contributed by atoms with E-state index in [2.05, 4.69) is 21.3 Å². The third-order valence-electron chi connectivity index (χ3n) is 0.945. The van der Waals surface area contributed by atoms with Crippen LogP contribution in [0, 0.1) is 0 Å². The Morgan fingerprint density at radius 1 is 1.80 bits per heavy atom. The van der Waals surface area contributed by atoms with Crippen molar-refractivity contribution >= 4 is 11.8 Å². The average Bonchev–Trinajstić information content (AvgIpc) is 2.41. The van der Waals surface area contributed by atoms with Gasteiger partial charge in [0.2, 0.25) is 0 Å². The third kappa shape index (κ3) is 2.23. The van der Waals surface area contributed by atoms with Gasteiger partial charge in [-0.3, -0.25) is 5.10 Å². The summed E-state index contributed by atoms with van der Waals surface area (Å²) in [7, 11) is 0. The highest BCUT2D eigenvalue weighted by Crippen LogP contribution is 2.09. The van der Waals surface area contributed by atoms with Crippen LogP contribution in [-0.4, -0.2) is 20.9 Å². The van der Waals surface area contributed by atoms with E-state index in [4.69, 9.17) is 0 Å². The first-order valence-corrected chi connectivity index (χ1v) is 4.01. The van der Waals surface area contributed by atoms with Crippen molar-refractivity contribution in [2.45, 2.75) is 12.1 Å². The van der Waals surface area contributed by atoms with Gasteiger partial charge in [0.05, 0.1) is 0 Å². The Balaban J connectivity index is 2.28. The van der Waals surface area contributed by atoms with Crippen LogP contribution in [0.25, 0.3) is 0 Å². The summed E-state index contributed by atoms with van der Waals surface area (Å²) >= 11 is 1.64. The van der Waals surface area contributed by atoms with Crippen LogP contribution < -0.4 is 0 Å². The van der Waals surface area contributed by atoms with Crippen LogP contribution >= 0.6 is 11.8 Å². The van der Waals surface area contributed by atoms with Gasteiger partial charge in [0.1, 0.15) is 6.33 Å². The fourth-order valence-electron chi connectivity index (χ4n) is 0.487. The zero-order chi connectivity index (χ0) is 7.23. The highest BCUT2D eigenvalue weighted by Gasteiger charge is 1.90. The van der Waals surface area contributed by atoms with Gasteiger partial charge >= 0.3 is 0 Å². The fraction of sp³-hybridized carbons (Fsp3) is 0.333. The first-order valence-electron chi connectivity index (χ1n) is 3.03. The molecule has 0 radical (unpaired) electrons. The van der Waals surface area contributed by atoms with Gasteiger partial charge < -0.3 is 0 Å². The minimum absolute atomic E-state index is 0.873. The van der Waals surface area contributed by atoms with E-state index in [1.54, 1.807) is 11.8 Å². The van der Waals surface area contributed by atoms with E-state index in [1.807, 2.05) is 13.0 Å². The molecule has 0 saturated carbocycles. The monoisotopic (exact) mass is 155 g/mol. The molecule has 1 aromatic rings. The Hall–Kier alpha value is -0.770. The third-order valence-corrected chi connectivity index (χ3v) is 1.77. The molecule has 0 amide bonds. The second-order valence-corrected chi connectivity index (χ2v) is 2.68. The molecule has 1 aromatic heterocycles. The molecule has 0 fully saturated rings. The van der Waals surface area contributed by atoms with E-state index in [1.165, 1.54) is 6.33 Å². The zero-order valence-corrected chi connectivity index (χ0v) is 6.56. The van der Waals surface area contributed by atoms with E-state index in [9.17, 15) is 0 Å². The number of aromatic amines is 1. The number of hydrogen-bond donors (Lipinski definition) is 1. The normalized spacial score (nSPS) is 10.9. The molecule has 54 valence electrons. The van der Waals surface area contributed by atoms with Crippen LogP contribution in [0.1, 0.15) is 6.92 Å². The van der Waals surface area contributed by atoms with Crippen LogP contribution in [-0.2, 0) is 0 Å². The Bertz CT molecular complexity index is 193. The van der Waals surface area contributed by atoms with E-state index in [-0.39, 0.29) is 0 Å². The van der Waals surface area contributed by atoms with E-state index < -0.39 is 0 Å². The summed E-state index contributed by atoms with van der Waals surface area (Å²) in [5, 5.41) is 7.36. The lowest BCUT2D eigenvalue weighted by Gasteiger charge is -1.87. The number of hydrogen-bond acceptors (Lipinski definition) is 3. The summed E-state index contributed by atoms with van der Waals surface area (Å²) in [5.41, 5.74) is 0. The molecule has 0 aliphatic carbocycles. The molecule has 0 unspecified atom stereocenters. The van der Waals surface area contributed by atoms with Crippen LogP contribution in [0.15, 0.2) is 23.6 Å². The molecule has 0 saturated heterocycles. The number of aromatic nitrogens is 3. The first kappa shape index (κ1) is 7.34. The van der Waals surface area contributed by atoms with Gasteiger partial charge in [-0.25, -0.2) is 4.98 Å². The van der Waals surface area contributed by atoms with Gasteiger partial charge in [0.15, 0.2) is 5.16 Å². The number of H-pyrrole nitrogens is 1. The van der Waals surface area contributed by atoms with Gasteiger partial charge in [0.25, 0.3) is 0 Å². The maximum Gasteiger partial charge on any atom is 0.183 e. The van der Waals surface area contributed by atoms with Crippen molar-refractivity contribution in [1.82, 2.24) is 15.2 Å². The topological polar surface area (TPSA) is 41.6 Å². The van der Waals surface area contributed by atoms with E-state index >= 15 is 0 Å². The van der Waals surface area contributed by atoms with Crippen LogP contribution in [0.4, 0.5) is 0 Å². The lowest BCUT2D eigenvalue weighted by molar-refractivity contribution is 0.975. The standard InChI is InChI=1S/C6H9N3S/c1-2-3-4-10-6-7-5-8-9-6/h2-3,5H,4H2,1H3,(H,7,8,9)/b3-2+. The minimum atomic E-state index is 0.873. The molecule has 3 nitrogen and oxygen atoms in total. The SMILES string of the molecule is C/C=C/CSc1ncn[nH]1. The van der Waals surface area contributed by atoms with Crippen molar-refractivity contribution < 1.29 is 0 Å². The molecular formula is C6H9N3S. The number of nitrogens with zero attached hydrogens (tertiary/aromatic N) is 2. The van der Waals surface area contributed by atoms with Gasteiger partial charge in [-0.15, -0.1) is 0 Å². The van der Waals surface area contributed by atoms with Crippen molar-refractivity contribution in [2.75, 3.05) is 5.75 Å². The average molecular weight is 155 g/mol. The van der Waals surface area contributed by atoms with Crippen molar-refractivity contribution in [2.24, 2.45) is 0 Å². The predicted octanol–water partition coefficient (Wildman–Crippen LogP) is 1.47. The molecule has 0 aliphatic heterocycles. The lowest BCUT2D eigenvalue weighted by atomic mass is 10.6. The van der Waals surface area contributed by atoms with Crippen molar-refractivity contribution in [3.63, 3.8) is 0 Å². The van der Waals surface area contributed by atoms with Crippen LogP contribution in [0.2, 0.25) is 0 Å². The number of nitrogens with one attached hydrogen (secondary N) is 1. The quantitative estimate of drug-likeness (QED) is 0.531. The molecule has 1 rings (SSSR count). The Morgan fingerprint density at radius 3 is 3.30 bits per heavy atom. The first-order chi connectivity index (χ1) is 4.93. The van der Waals surface area contributed by atoms with Crippen molar-refractivity contribution in [3.8, 4) is 0 Å².